The summed E-state index contributed by atoms with van der Waals surface area (Å²) < 4.78 is 37.2. The molecule has 1 aliphatic heterocycles. The Morgan fingerprint density at radius 1 is 1.24 bits per heavy atom. The summed E-state index contributed by atoms with van der Waals surface area (Å²) in [7, 11) is 0. The Hall–Kier alpha value is -1.34. The van der Waals surface area contributed by atoms with Crippen LogP contribution in [0.5, 0.6) is 0 Å². The van der Waals surface area contributed by atoms with Crippen LogP contribution < -0.4 is 10.2 Å². The largest absolute Gasteiger partial charge is 0.401 e. The second kappa shape index (κ2) is 7.09. The van der Waals surface area contributed by atoms with Crippen molar-refractivity contribution in [2.75, 3.05) is 44.2 Å². The quantitative estimate of drug-likeness (QED) is 0.900. The van der Waals surface area contributed by atoms with Crippen LogP contribution in [0.25, 0.3) is 0 Å². The molecule has 118 valence electrons. The monoisotopic (exact) mass is 302 g/mol. The molecule has 4 nitrogen and oxygen atoms in total. The standard InChI is InChI=1S/C14H21F3N4/c1-2-18-9-12-10-19-4-3-13(12)21-7-5-20(6-8-21)11-14(15,16)17/h3-4,10,18H,2,5-9,11H2,1H3. The Kier molecular flexibility index (Phi) is 5.41. The molecule has 1 saturated heterocycles. The lowest BCUT2D eigenvalue weighted by molar-refractivity contribution is -0.146. The van der Waals surface area contributed by atoms with Gasteiger partial charge in [-0.15, -0.1) is 0 Å². The predicted octanol–water partition coefficient (Wildman–Crippen LogP) is 1.88. The molecule has 1 aromatic rings. The van der Waals surface area contributed by atoms with E-state index in [1.165, 1.54) is 4.90 Å². The molecule has 1 N–H and O–H groups in total. The summed E-state index contributed by atoms with van der Waals surface area (Å²) in [6.45, 7) is 4.90. The Balaban J connectivity index is 1.96. The minimum Gasteiger partial charge on any atom is -0.369 e. The van der Waals surface area contributed by atoms with Crippen molar-refractivity contribution in [1.29, 1.82) is 0 Å². The van der Waals surface area contributed by atoms with Crippen molar-refractivity contribution in [3.8, 4) is 0 Å². The first kappa shape index (κ1) is 16.0. The molecule has 0 radical (unpaired) electrons. The summed E-state index contributed by atoms with van der Waals surface area (Å²) in [5.74, 6) is 0. The van der Waals surface area contributed by atoms with Gasteiger partial charge in [-0.1, -0.05) is 6.92 Å². The first-order valence-electron chi connectivity index (χ1n) is 7.17. The number of piperazine rings is 1. The maximum Gasteiger partial charge on any atom is 0.401 e. The van der Waals surface area contributed by atoms with Crippen molar-refractivity contribution in [2.45, 2.75) is 19.6 Å². The zero-order valence-electron chi connectivity index (χ0n) is 12.2. The Labute approximate surface area is 122 Å². The molecule has 0 aliphatic carbocycles. The summed E-state index contributed by atoms with van der Waals surface area (Å²) in [6, 6.07) is 1.94. The lowest BCUT2D eigenvalue weighted by atomic mass is 10.2. The maximum absolute atomic E-state index is 12.4. The van der Waals surface area contributed by atoms with Crippen LogP contribution in [-0.4, -0.2) is 55.3 Å². The SMILES string of the molecule is CCNCc1cnccc1N1CCN(CC(F)(F)F)CC1. The van der Waals surface area contributed by atoms with E-state index in [1.807, 2.05) is 19.2 Å². The van der Waals surface area contributed by atoms with E-state index in [1.54, 1.807) is 6.20 Å². The number of pyridine rings is 1. The van der Waals surface area contributed by atoms with E-state index in [0.717, 1.165) is 24.3 Å². The van der Waals surface area contributed by atoms with Gasteiger partial charge >= 0.3 is 6.18 Å². The van der Waals surface area contributed by atoms with Gasteiger partial charge in [0, 0.05) is 56.4 Å². The molecule has 0 bridgehead atoms. The molecule has 0 aromatic carbocycles. The highest BCUT2D eigenvalue weighted by Gasteiger charge is 2.32. The summed E-state index contributed by atoms with van der Waals surface area (Å²) in [5.41, 5.74) is 2.15. The number of hydrogen-bond acceptors (Lipinski definition) is 4. The highest BCUT2D eigenvalue weighted by Crippen LogP contribution is 2.22. The first-order valence-corrected chi connectivity index (χ1v) is 7.17. The summed E-state index contributed by atoms with van der Waals surface area (Å²) >= 11 is 0. The third kappa shape index (κ3) is 4.86. The number of alkyl halides is 3. The fourth-order valence-electron chi connectivity index (χ4n) is 2.52. The van der Waals surface area contributed by atoms with Crippen LogP contribution in [0.4, 0.5) is 18.9 Å². The van der Waals surface area contributed by atoms with Crippen molar-refractivity contribution >= 4 is 5.69 Å². The smallest absolute Gasteiger partial charge is 0.369 e. The van der Waals surface area contributed by atoms with E-state index >= 15 is 0 Å². The number of halogens is 3. The highest BCUT2D eigenvalue weighted by atomic mass is 19.4. The molecule has 2 heterocycles. The lowest BCUT2D eigenvalue weighted by Crippen LogP contribution is -2.49. The van der Waals surface area contributed by atoms with Crippen LogP contribution >= 0.6 is 0 Å². The first-order chi connectivity index (χ1) is 9.99. The Morgan fingerprint density at radius 3 is 2.57 bits per heavy atom. The molecular weight excluding hydrogens is 281 g/mol. The van der Waals surface area contributed by atoms with Crippen molar-refractivity contribution < 1.29 is 13.2 Å². The molecule has 0 atom stereocenters. The molecule has 0 amide bonds. The van der Waals surface area contributed by atoms with Crippen LogP contribution in [-0.2, 0) is 6.54 Å². The summed E-state index contributed by atoms with van der Waals surface area (Å²) in [4.78, 5) is 7.73. The zero-order valence-corrected chi connectivity index (χ0v) is 12.2. The number of rotatable bonds is 5. The van der Waals surface area contributed by atoms with Gasteiger partial charge in [-0.3, -0.25) is 9.88 Å². The molecular formula is C14H21F3N4. The molecule has 1 aliphatic rings. The molecule has 1 aromatic heterocycles. The molecule has 0 unspecified atom stereocenters. The predicted molar refractivity (Wildman–Crippen MR) is 76.3 cm³/mol. The molecule has 0 saturated carbocycles. The topological polar surface area (TPSA) is 31.4 Å². The second-order valence-corrected chi connectivity index (χ2v) is 5.16. The van der Waals surface area contributed by atoms with Crippen LogP contribution in [0.15, 0.2) is 18.5 Å². The van der Waals surface area contributed by atoms with Crippen molar-refractivity contribution in [2.24, 2.45) is 0 Å². The van der Waals surface area contributed by atoms with E-state index < -0.39 is 12.7 Å². The summed E-state index contributed by atoms with van der Waals surface area (Å²) in [5, 5.41) is 3.26. The number of anilines is 1. The van der Waals surface area contributed by atoms with Crippen LogP contribution in [0.1, 0.15) is 12.5 Å². The van der Waals surface area contributed by atoms with E-state index in [-0.39, 0.29) is 0 Å². The number of aromatic nitrogens is 1. The average molecular weight is 302 g/mol. The van der Waals surface area contributed by atoms with Crippen molar-refractivity contribution in [3.63, 3.8) is 0 Å². The number of hydrogen-bond donors (Lipinski definition) is 1. The molecule has 2 rings (SSSR count). The number of nitrogens with zero attached hydrogens (tertiary/aromatic N) is 3. The third-order valence-corrected chi connectivity index (χ3v) is 3.56. The molecule has 1 fully saturated rings. The van der Waals surface area contributed by atoms with Crippen LogP contribution in [0.2, 0.25) is 0 Å². The molecule has 7 heteroatoms. The minimum absolute atomic E-state index is 0.433. The molecule has 0 spiro atoms. The summed E-state index contributed by atoms with van der Waals surface area (Å²) in [6.07, 6.45) is -0.567. The van der Waals surface area contributed by atoms with Gasteiger partial charge < -0.3 is 10.2 Å². The van der Waals surface area contributed by atoms with E-state index in [2.05, 4.69) is 15.2 Å². The normalized spacial score (nSPS) is 17.2. The van der Waals surface area contributed by atoms with E-state index in [9.17, 15) is 13.2 Å². The Bertz CT molecular complexity index is 442. The van der Waals surface area contributed by atoms with Crippen molar-refractivity contribution in [1.82, 2.24) is 15.2 Å². The lowest BCUT2D eigenvalue weighted by Gasteiger charge is -2.37. The maximum atomic E-state index is 12.4. The fraction of sp³-hybridized carbons (Fsp3) is 0.643. The van der Waals surface area contributed by atoms with Crippen LogP contribution in [0, 0.1) is 0 Å². The van der Waals surface area contributed by atoms with E-state index in [0.29, 0.717) is 26.2 Å². The van der Waals surface area contributed by atoms with Gasteiger partial charge in [0.15, 0.2) is 0 Å². The fourth-order valence-corrected chi connectivity index (χ4v) is 2.52. The molecule has 21 heavy (non-hydrogen) atoms. The van der Waals surface area contributed by atoms with Gasteiger partial charge in [0.25, 0.3) is 0 Å². The van der Waals surface area contributed by atoms with E-state index in [4.69, 9.17) is 0 Å². The van der Waals surface area contributed by atoms with Gasteiger partial charge in [0.05, 0.1) is 6.54 Å². The minimum atomic E-state index is -4.12. The van der Waals surface area contributed by atoms with Gasteiger partial charge in [-0.05, 0) is 12.6 Å². The van der Waals surface area contributed by atoms with Gasteiger partial charge in [0.2, 0.25) is 0 Å². The van der Waals surface area contributed by atoms with Crippen molar-refractivity contribution in [3.05, 3.63) is 24.0 Å². The van der Waals surface area contributed by atoms with Gasteiger partial charge in [-0.2, -0.15) is 13.2 Å². The zero-order chi connectivity index (χ0) is 15.3. The third-order valence-electron chi connectivity index (χ3n) is 3.56. The average Bonchev–Trinajstić information content (AvgIpc) is 2.45. The van der Waals surface area contributed by atoms with Gasteiger partial charge in [0.1, 0.15) is 0 Å². The highest BCUT2D eigenvalue weighted by molar-refractivity contribution is 5.52. The number of nitrogens with one attached hydrogen (secondary N) is 1. The van der Waals surface area contributed by atoms with Gasteiger partial charge in [-0.25, -0.2) is 0 Å². The Morgan fingerprint density at radius 2 is 1.95 bits per heavy atom. The second-order valence-electron chi connectivity index (χ2n) is 5.16. The van der Waals surface area contributed by atoms with Crippen LogP contribution in [0.3, 0.4) is 0 Å².